The molecule has 0 saturated heterocycles. The summed E-state index contributed by atoms with van der Waals surface area (Å²) in [7, 11) is 1.29. The van der Waals surface area contributed by atoms with E-state index in [0.717, 1.165) is 4.47 Å². The van der Waals surface area contributed by atoms with Gasteiger partial charge in [0.2, 0.25) is 0 Å². The Labute approximate surface area is 114 Å². The number of hydrogen-bond acceptors (Lipinski definition) is 4. The Morgan fingerprint density at radius 2 is 2.11 bits per heavy atom. The Hall–Kier alpha value is -1.43. The fraction of sp³-hybridized carbons (Fsp3) is 0.417. The third kappa shape index (κ3) is 3.80. The molecular formula is C12H15BrN2O3. The summed E-state index contributed by atoms with van der Waals surface area (Å²) in [6.07, 6.45) is 1.55. The van der Waals surface area contributed by atoms with Crippen LogP contribution in [-0.4, -0.2) is 41.5 Å². The summed E-state index contributed by atoms with van der Waals surface area (Å²) >= 11 is 3.25. The third-order valence-electron chi connectivity index (χ3n) is 2.36. The van der Waals surface area contributed by atoms with Crippen molar-refractivity contribution in [1.82, 2.24) is 9.88 Å². The van der Waals surface area contributed by atoms with Crippen molar-refractivity contribution in [2.24, 2.45) is 0 Å². The summed E-state index contributed by atoms with van der Waals surface area (Å²) < 4.78 is 5.37. The van der Waals surface area contributed by atoms with Gasteiger partial charge in [-0.05, 0) is 41.9 Å². The van der Waals surface area contributed by atoms with Crippen LogP contribution in [0.15, 0.2) is 22.8 Å². The summed E-state index contributed by atoms with van der Waals surface area (Å²) in [6, 6.07) is 3.23. The molecule has 0 radical (unpaired) electrons. The number of amides is 1. The lowest BCUT2D eigenvalue weighted by Crippen LogP contribution is -2.41. The summed E-state index contributed by atoms with van der Waals surface area (Å²) in [6.45, 7) is 3.59. The number of esters is 1. The second-order valence-corrected chi connectivity index (χ2v) is 4.88. The lowest BCUT2D eigenvalue weighted by atomic mass is 10.2. The van der Waals surface area contributed by atoms with Gasteiger partial charge >= 0.3 is 5.97 Å². The predicted octanol–water partition coefficient (Wildman–Crippen LogP) is 1.87. The minimum Gasteiger partial charge on any atom is -0.468 e. The molecule has 0 fully saturated rings. The van der Waals surface area contributed by atoms with Crippen LogP contribution in [0, 0.1) is 0 Å². The van der Waals surface area contributed by atoms with Gasteiger partial charge in [0.1, 0.15) is 12.2 Å². The molecule has 0 aliphatic heterocycles. The van der Waals surface area contributed by atoms with Gasteiger partial charge in [0.05, 0.1) is 7.11 Å². The lowest BCUT2D eigenvalue weighted by molar-refractivity contribution is -0.141. The van der Waals surface area contributed by atoms with Crippen LogP contribution in [0.2, 0.25) is 0 Å². The van der Waals surface area contributed by atoms with E-state index in [0.29, 0.717) is 5.69 Å². The fourth-order valence-electron chi connectivity index (χ4n) is 1.34. The number of aromatic nitrogens is 1. The number of carbonyl (C=O) groups excluding carboxylic acids is 2. The molecule has 0 atom stereocenters. The molecule has 1 amide bonds. The van der Waals surface area contributed by atoms with Crippen molar-refractivity contribution in [2.45, 2.75) is 19.9 Å². The molecule has 1 rings (SSSR count). The van der Waals surface area contributed by atoms with Gasteiger partial charge in [-0.2, -0.15) is 0 Å². The molecule has 18 heavy (non-hydrogen) atoms. The van der Waals surface area contributed by atoms with Gasteiger partial charge in [0.15, 0.2) is 0 Å². The van der Waals surface area contributed by atoms with Gasteiger partial charge in [-0.1, -0.05) is 0 Å². The highest BCUT2D eigenvalue weighted by Crippen LogP contribution is 2.11. The largest absolute Gasteiger partial charge is 0.468 e. The molecule has 5 nitrogen and oxygen atoms in total. The van der Waals surface area contributed by atoms with E-state index in [4.69, 9.17) is 0 Å². The molecule has 0 bridgehead atoms. The van der Waals surface area contributed by atoms with Gasteiger partial charge in [0, 0.05) is 16.7 Å². The number of hydrogen-bond donors (Lipinski definition) is 0. The molecule has 0 saturated carbocycles. The van der Waals surface area contributed by atoms with E-state index in [-0.39, 0.29) is 18.5 Å². The smallest absolute Gasteiger partial charge is 0.325 e. The van der Waals surface area contributed by atoms with E-state index in [9.17, 15) is 9.59 Å². The molecular weight excluding hydrogens is 300 g/mol. The van der Waals surface area contributed by atoms with Crippen LogP contribution in [0.3, 0.4) is 0 Å². The van der Waals surface area contributed by atoms with E-state index in [1.807, 2.05) is 13.8 Å². The first kappa shape index (κ1) is 14.6. The number of carbonyl (C=O) groups is 2. The molecule has 0 spiro atoms. The second-order valence-electron chi connectivity index (χ2n) is 3.96. The minimum absolute atomic E-state index is 0.0786. The van der Waals surface area contributed by atoms with Crippen LogP contribution in [-0.2, 0) is 9.53 Å². The Balaban J connectivity index is 2.89. The molecule has 0 N–H and O–H groups in total. The monoisotopic (exact) mass is 314 g/mol. The van der Waals surface area contributed by atoms with Gasteiger partial charge in [-0.3, -0.25) is 9.59 Å². The van der Waals surface area contributed by atoms with Crippen LogP contribution in [0.5, 0.6) is 0 Å². The standard InChI is InChI=1S/C12H15BrN2O3/c1-8(2)15(7-11(16)18-3)12(17)10-5-4-9(13)6-14-10/h4-6,8H,7H2,1-3H3. The van der Waals surface area contributed by atoms with Crippen molar-refractivity contribution in [3.63, 3.8) is 0 Å². The first-order chi connectivity index (χ1) is 8.45. The van der Waals surface area contributed by atoms with Crippen molar-refractivity contribution in [2.75, 3.05) is 13.7 Å². The first-order valence-electron chi connectivity index (χ1n) is 5.45. The Morgan fingerprint density at radius 1 is 1.44 bits per heavy atom. The number of halogens is 1. The van der Waals surface area contributed by atoms with E-state index in [2.05, 4.69) is 25.7 Å². The topological polar surface area (TPSA) is 59.5 Å². The Bertz CT molecular complexity index is 431. The maximum absolute atomic E-state index is 12.2. The number of nitrogens with zero attached hydrogens (tertiary/aromatic N) is 2. The molecule has 0 aliphatic rings. The van der Waals surface area contributed by atoms with Crippen molar-refractivity contribution >= 4 is 27.8 Å². The van der Waals surface area contributed by atoms with Crippen molar-refractivity contribution < 1.29 is 14.3 Å². The maximum atomic E-state index is 12.2. The molecule has 0 aliphatic carbocycles. The molecule has 0 unspecified atom stereocenters. The van der Waals surface area contributed by atoms with Crippen molar-refractivity contribution in [1.29, 1.82) is 0 Å². The highest BCUT2D eigenvalue weighted by Gasteiger charge is 2.22. The average Bonchev–Trinajstić information content (AvgIpc) is 2.35. The lowest BCUT2D eigenvalue weighted by Gasteiger charge is -2.25. The predicted molar refractivity (Wildman–Crippen MR) is 70.1 cm³/mol. The van der Waals surface area contributed by atoms with Gasteiger partial charge in [0.25, 0.3) is 5.91 Å². The van der Waals surface area contributed by atoms with Gasteiger partial charge < -0.3 is 9.64 Å². The molecule has 1 aromatic heterocycles. The number of ether oxygens (including phenoxy) is 1. The fourth-order valence-corrected chi connectivity index (χ4v) is 1.58. The van der Waals surface area contributed by atoms with E-state index in [1.165, 1.54) is 12.0 Å². The highest BCUT2D eigenvalue weighted by atomic mass is 79.9. The quantitative estimate of drug-likeness (QED) is 0.796. The van der Waals surface area contributed by atoms with Crippen LogP contribution in [0.1, 0.15) is 24.3 Å². The number of methoxy groups -OCH3 is 1. The summed E-state index contributed by atoms with van der Waals surface area (Å²) in [5.74, 6) is -0.739. The van der Waals surface area contributed by atoms with E-state index < -0.39 is 5.97 Å². The number of rotatable bonds is 4. The van der Waals surface area contributed by atoms with Crippen LogP contribution >= 0.6 is 15.9 Å². The molecule has 6 heteroatoms. The molecule has 98 valence electrons. The zero-order valence-electron chi connectivity index (χ0n) is 10.5. The summed E-state index contributed by atoms with van der Waals surface area (Å²) in [5.41, 5.74) is 0.302. The second kappa shape index (κ2) is 6.49. The highest BCUT2D eigenvalue weighted by molar-refractivity contribution is 9.10. The summed E-state index contributed by atoms with van der Waals surface area (Å²) in [5, 5.41) is 0. The minimum atomic E-state index is -0.450. The van der Waals surface area contributed by atoms with Gasteiger partial charge in [-0.15, -0.1) is 0 Å². The molecule has 0 aromatic carbocycles. The zero-order chi connectivity index (χ0) is 13.7. The normalized spacial score (nSPS) is 10.3. The summed E-state index contributed by atoms with van der Waals surface area (Å²) in [4.78, 5) is 28.9. The SMILES string of the molecule is COC(=O)CN(C(=O)c1ccc(Br)cn1)C(C)C. The molecule has 1 aromatic rings. The zero-order valence-corrected chi connectivity index (χ0v) is 12.1. The maximum Gasteiger partial charge on any atom is 0.325 e. The third-order valence-corrected chi connectivity index (χ3v) is 2.83. The number of pyridine rings is 1. The Kier molecular flexibility index (Phi) is 5.27. The van der Waals surface area contributed by atoms with Crippen LogP contribution < -0.4 is 0 Å². The van der Waals surface area contributed by atoms with Crippen molar-refractivity contribution in [3.05, 3.63) is 28.5 Å². The van der Waals surface area contributed by atoms with Crippen molar-refractivity contribution in [3.8, 4) is 0 Å². The Morgan fingerprint density at radius 3 is 2.56 bits per heavy atom. The molecule has 1 heterocycles. The van der Waals surface area contributed by atoms with E-state index >= 15 is 0 Å². The average molecular weight is 315 g/mol. The van der Waals surface area contributed by atoms with Gasteiger partial charge in [-0.25, -0.2) is 4.98 Å². The van der Waals surface area contributed by atoms with Crippen LogP contribution in [0.25, 0.3) is 0 Å². The van der Waals surface area contributed by atoms with Crippen LogP contribution in [0.4, 0.5) is 0 Å². The first-order valence-corrected chi connectivity index (χ1v) is 6.24. The van der Waals surface area contributed by atoms with E-state index in [1.54, 1.807) is 18.3 Å².